The minimum Gasteiger partial charge on any atom is -0.351 e. The number of halogens is 1. The van der Waals surface area contributed by atoms with Gasteiger partial charge < -0.3 is 9.80 Å². The lowest BCUT2D eigenvalue weighted by molar-refractivity contribution is -0.131. The summed E-state index contributed by atoms with van der Waals surface area (Å²) in [6.07, 6.45) is 9.61. The second-order valence-corrected chi connectivity index (χ2v) is 8.61. The molecule has 3 heterocycles. The van der Waals surface area contributed by atoms with Crippen LogP contribution in [0, 0.1) is 0 Å². The highest BCUT2D eigenvalue weighted by Gasteiger charge is 2.26. The second kappa shape index (κ2) is 8.26. The second-order valence-electron chi connectivity index (χ2n) is 8.17. The van der Waals surface area contributed by atoms with E-state index in [0.717, 1.165) is 67.4 Å². The number of hydrogen-bond donors (Lipinski definition) is 0. The van der Waals surface area contributed by atoms with Crippen LogP contribution < -0.4 is 4.90 Å². The summed E-state index contributed by atoms with van der Waals surface area (Å²) < 4.78 is 2.00. The van der Waals surface area contributed by atoms with Crippen molar-refractivity contribution in [3.63, 3.8) is 0 Å². The highest BCUT2D eigenvalue weighted by atomic mass is 35.5. The first-order valence-corrected chi connectivity index (χ1v) is 11.2. The zero-order valence-corrected chi connectivity index (χ0v) is 17.8. The molecule has 30 heavy (non-hydrogen) atoms. The number of anilines is 1. The molecule has 0 saturated carbocycles. The molecule has 5 rings (SSSR count). The Hall–Kier alpha value is -2.60. The van der Waals surface area contributed by atoms with Gasteiger partial charge in [0.05, 0.1) is 5.69 Å². The molecule has 0 radical (unpaired) electrons. The summed E-state index contributed by atoms with van der Waals surface area (Å²) in [6, 6.07) is 7.75. The van der Waals surface area contributed by atoms with E-state index in [-0.39, 0.29) is 5.91 Å². The number of rotatable bonds is 4. The number of carbonyl (C=O) groups is 1. The van der Waals surface area contributed by atoms with Crippen LogP contribution in [0.5, 0.6) is 0 Å². The summed E-state index contributed by atoms with van der Waals surface area (Å²) in [6.45, 7) is 3.06. The predicted octanol–water partition coefficient (Wildman–Crippen LogP) is 3.54. The van der Waals surface area contributed by atoms with Gasteiger partial charge in [-0.15, -0.1) is 0 Å². The first kappa shape index (κ1) is 19.4. The van der Waals surface area contributed by atoms with Crippen molar-refractivity contribution in [2.45, 2.75) is 38.5 Å². The molecule has 1 fully saturated rings. The molecule has 1 aliphatic carbocycles. The first-order chi connectivity index (χ1) is 14.7. The summed E-state index contributed by atoms with van der Waals surface area (Å²) in [4.78, 5) is 21.7. The van der Waals surface area contributed by atoms with E-state index < -0.39 is 0 Å². The molecule has 1 saturated heterocycles. The van der Waals surface area contributed by atoms with E-state index >= 15 is 0 Å². The van der Waals surface area contributed by atoms with Gasteiger partial charge in [-0.05, 0) is 49.8 Å². The quantitative estimate of drug-likeness (QED) is 0.644. The number of aromatic nitrogens is 3. The maximum Gasteiger partial charge on any atom is 0.223 e. The number of carbonyl (C=O) groups excluding carboxylic acids is 1. The van der Waals surface area contributed by atoms with Gasteiger partial charge >= 0.3 is 0 Å². The van der Waals surface area contributed by atoms with Crippen molar-refractivity contribution >= 4 is 28.8 Å². The molecule has 1 aromatic carbocycles. The third-order valence-electron chi connectivity index (χ3n) is 6.25. The molecule has 0 unspecified atom stereocenters. The van der Waals surface area contributed by atoms with Gasteiger partial charge in [0.15, 0.2) is 5.82 Å². The molecule has 0 N–H and O–H groups in total. The summed E-state index contributed by atoms with van der Waals surface area (Å²) in [5, 5.41) is 5.51. The molecular formula is C23H26ClN5O. The lowest BCUT2D eigenvalue weighted by atomic mass is 9.97. The molecule has 1 amide bonds. The van der Waals surface area contributed by atoms with E-state index in [1.54, 1.807) is 0 Å². The summed E-state index contributed by atoms with van der Waals surface area (Å²) in [7, 11) is 0. The van der Waals surface area contributed by atoms with E-state index in [9.17, 15) is 4.79 Å². The van der Waals surface area contributed by atoms with Crippen molar-refractivity contribution in [1.82, 2.24) is 19.5 Å². The van der Waals surface area contributed by atoms with Crippen LogP contribution in [-0.2, 0) is 24.1 Å². The Morgan fingerprint density at radius 3 is 2.77 bits per heavy atom. The van der Waals surface area contributed by atoms with Gasteiger partial charge in [-0.1, -0.05) is 23.7 Å². The van der Waals surface area contributed by atoms with Crippen LogP contribution in [0.2, 0.25) is 5.02 Å². The Morgan fingerprint density at radius 2 is 1.93 bits per heavy atom. The largest absolute Gasteiger partial charge is 0.351 e. The van der Waals surface area contributed by atoms with Crippen molar-refractivity contribution in [2.24, 2.45) is 0 Å². The zero-order valence-electron chi connectivity index (χ0n) is 17.1. The van der Waals surface area contributed by atoms with Crippen LogP contribution in [0.3, 0.4) is 0 Å². The van der Waals surface area contributed by atoms with E-state index in [2.05, 4.69) is 4.90 Å². The fourth-order valence-corrected chi connectivity index (χ4v) is 4.86. The standard InChI is InChI=1S/C23H26ClN5O/c24-18-5-3-4-17(16-18)8-9-21(30)27-12-14-28(15-13-27)23-22-19-6-1-2-7-20(19)26-29(22)11-10-25-23/h3-5,10-11,16H,1-2,6-9,12-15H2. The molecule has 6 nitrogen and oxygen atoms in total. The highest BCUT2D eigenvalue weighted by molar-refractivity contribution is 6.30. The van der Waals surface area contributed by atoms with Crippen LogP contribution in [-0.4, -0.2) is 51.6 Å². The topological polar surface area (TPSA) is 53.7 Å². The average Bonchev–Trinajstić information content (AvgIpc) is 3.16. The van der Waals surface area contributed by atoms with E-state index in [1.807, 2.05) is 46.1 Å². The minimum atomic E-state index is 0.211. The third-order valence-corrected chi connectivity index (χ3v) is 6.48. The fraction of sp³-hybridized carbons (Fsp3) is 0.435. The molecule has 0 spiro atoms. The Morgan fingerprint density at radius 1 is 1.10 bits per heavy atom. The molecule has 0 atom stereocenters. The Labute approximate surface area is 181 Å². The monoisotopic (exact) mass is 423 g/mol. The number of fused-ring (bicyclic) bond motifs is 3. The van der Waals surface area contributed by atoms with Crippen LogP contribution >= 0.6 is 11.6 Å². The van der Waals surface area contributed by atoms with Crippen LogP contribution in [0.25, 0.3) is 5.52 Å². The smallest absolute Gasteiger partial charge is 0.223 e. The molecule has 2 aliphatic rings. The first-order valence-electron chi connectivity index (χ1n) is 10.8. The maximum absolute atomic E-state index is 12.7. The molecule has 3 aromatic rings. The number of nitrogens with zero attached hydrogens (tertiary/aromatic N) is 5. The van der Waals surface area contributed by atoms with Crippen LogP contribution in [0.4, 0.5) is 5.82 Å². The van der Waals surface area contributed by atoms with Crippen molar-refractivity contribution in [1.29, 1.82) is 0 Å². The van der Waals surface area contributed by atoms with Crippen LogP contribution in [0.1, 0.15) is 36.1 Å². The van der Waals surface area contributed by atoms with Gasteiger partial charge in [0.2, 0.25) is 5.91 Å². The number of aryl methyl sites for hydroxylation is 3. The van der Waals surface area contributed by atoms with Gasteiger partial charge in [0.25, 0.3) is 0 Å². The highest BCUT2D eigenvalue weighted by Crippen LogP contribution is 2.30. The van der Waals surface area contributed by atoms with Crippen LogP contribution in [0.15, 0.2) is 36.7 Å². The molecule has 7 heteroatoms. The van der Waals surface area contributed by atoms with Gasteiger partial charge in [0.1, 0.15) is 5.52 Å². The Bertz CT molecular complexity index is 1070. The summed E-state index contributed by atoms with van der Waals surface area (Å²) in [5.74, 6) is 1.22. The van der Waals surface area contributed by atoms with Gasteiger partial charge in [0, 0.05) is 55.6 Å². The normalized spacial score (nSPS) is 16.7. The van der Waals surface area contributed by atoms with Crippen molar-refractivity contribution in [3.8, 4) is 0 Å². The third kappa shape index (κ3) is 3.76. The lowest BCUT2D eigenvalue weighted by Crippen LogP contribution is -2.49. The molecular weight excluding hydrogens is 398 g/mol. The minimum absolute atomic E-state index is 0.211. The summed E-state index contributed by atoms with van der Waals surface area (Å²) in [5.41, 5.74) is 4.86. The predicted molar refractivity (Wildman–Crippen MR) is 118 cm³/mol. The lowest BCUT2D eigenvalue weighted by Gasteiger charge is -2.35. The van der Waals surface area contributed by atoms with Crippen molar-refractivity contribution < 1.29 is 4.79 Å². The van der Waals surface area contributed by atoms with Gasteiger partial charge in [-0.25, -0.2) is 9.50 Å². The number of benzene rings is 1. The molecule has 156 valence electrons. The maximum atomic E-state index is 12.7. The van der Waals surface area contributed by atoms with E-state index in [1.165, 1.54) is 24.1 Å². The summed E-state index contributed by atoms with van der Waals surface area (Å²) >= 11 is 6.05. The number of piperazine rings is 1. The zero-order chi connectivity index (χ0) is 20.5. The van der Waals surface area contributed by atoms with E-state index in [4.69, 9.17) is 21.7 Å². The number of hydrogen-bond acceptors (Lipinski definition) is 4. The molecule has 1 aliphatic heterocycles. The van der Waals surface area contributed by atoms with Crippen molar-refractivity contribution in [3.05, 3.63) is 58.5 Å². The Kier molecular flexibility index (Phi) is 5.34. The average molecular weight is 424 g/mol. The Balaban J connectivity index is 1.25. The van der Waals surface area contributed by atoms with Crippen molar-refractivity contribution in [2.75, 3.05) is 31.1 Å². The number of amides is 1. The SMILES string of the molecule is O=C(CCc1cccc(Cl)c1)N1CCN(c2nccn3nc4c(c23)CCCC4)CC1. The molecule has 2 aromatic heterocycles. The van der Waals surface area contributed by atoms with Gasteiger partial charge in [-0.3, -0.25) is 4.79 Å². The van der Waals surface area contributed by atoms with Gasteiger partial charge in [-0.2, -0.15) is 5.10 Å². The van der Waals surface area contributed by atoms with E-state index in [0.29, 0.717) is 6.42 Å². The molecule has 0 bridgehead atoms. The fourth-order valence-electron chi connectivity index (χ4n) is 4.65.